The van der Waals surface area contributed by atoms with Crippen LogP contribution < -0.4 is 0 Å². The Morgan fingerprint density at radius 3 is 1.43 bits per heavy atom. The molecule has 280 valence electrons. The minimum atomic E-state index is 0.578. The van der Waals surface area contributed by atoms with Gasteiger partial charge in [-0.2, -0.15) is 9.97 Å². The molecule has 12 rings (SSSR count). The number of hydrogen-bond donors (Lipinski definition) is 0. The van der Waals surface area contributed by atoms with Gasteiger partial charge >= 0.3 is 0 Å². The molecule has 0 saturated carbocycles. The van der Waals surface area contributed by atoms with Crippen LogP contribution in [0, 0.1) is 0 Å². The Balaban J connectivity index is 1.02. The molecular weight excluding hydrogens is 731 g/mol. The molecule has 0 saturated heterocycles. The molecule has 0 amide bonds. The van der Waals surface area contributed by atoms with Gasteiger partial charge in [-0.05, 0) is 69.4 Å². The van der Waals surface area contributed by atoms with Crippen LogP contribution >= 0.6 is 0 Å². The molecule has 60 heavy (non-hydrogen) atoms. The summed E-state index contributed by atoms with van der Waals surface area (Å²) in [5.74, 6) is 1.84. The molecule has 0 aliphatic carbocycles. The van der Waals surface area contributed by atoms with Crippen molar-refractivity contribution in [3.63, 3.8) is 0 Å². The predicted octanol–water partition coefficient (Wildman–Crippen LogP) is 13.9. The molecule has 0 aliphatic heterocycles. The molecule has 5 nitrogen and oxygen atoms in total. The van der Waals surface area contributed by atoms with Gasteiger partial charge in [-0.1, -0.05) is 176 Å². The molecule has 5 heteroatoms. The Bertz CT molecular complexity index is 3510. The summed E-state index contributed by atoms with van der Waals surface area (Å²) in [5, 5.41) is 7.21. The smallest absolute Gasteiger partial charge is 0.238 e. The van der Waals surface area contributed by atoms with Crippen molar-refractivity contribution < 1.29 is 0 Å². The Labute approximate surface area is 346 Å². The van der Waals surface area contributed by atoms with E-state index in [1.165, 1.54) is 49.1 Å². The fraction of sp³-hybridized carbons (Fsp3) is 0. The van der Waals surface area contributed by atoms with Gasteiger partial charge in [-0.3, -0.25) is 4.57 Å². The summed E-state index contributed by atoms with van der Waals surface area (Å²) in [6, 6.07) is 75.2. The van der Waals surface area contributed by atoms with Gasteiger partial charge in [0.05, 0.1) is 22.1 Å². The van der Waals surface area contributed by atoms with Crippen LogP contribution in [-0.2, 0) is 0 Å². The Kier molecular flexibility index (Phi) is 7.78. The zero-order chi connectivity index (χ0) is 39.6. The van der Waals surface area contributed by atoms with Crippen molar-refractivity contribution in [2.24, 2.45) is 0 Å². The van der Waals surface area contributed by atoms with E-state index in [-0.39, 0.29) is 0 Å². The maximum absolute atomic E-state index is 5.20. The number of para-hydroxylation sites is 2. The average molecular weight is 766 g/mol. The van der Waals surface area contributed by atoms with Gasteiger partial charge in [0.15, 0.2) is 11.6 Å². The molecule has 3 aromatic heterocycles. The first-order valence-corrected chi connectivity index (χ1v) is 20.3. The monoisotopic (exact) mass is 765 g/mol. The summed E-state index contributed by atoms with van der Waals surface area (Å²) >= 11 is 0. The predicted molar refractivity (Wildman–Crippen MR) is 248 cm³/mol. The van der Waals surface area contributed by atoms with E-state index in [1.807, 2.05) is 36.4 Å². The molecule has 9 aromatic carbocycles. The lowest BCUT2D eigenvalue weighted by molar-refractivity contribution is 0.954. The van der Waals surface area contributed by atoms with Crippen molar-refractivity contribution in [1.82, 2.24) is 24.1 Å². The quantitative estimate of drug-likeness (QED) is 0.169. The van der Waals surface area contributed by atoms with Crippen LogP contribution in [0.5, 0.6) is 0 Å². The van der Waals surface area contributed by atoms with E-state index in [0.717, 1.165) is 44.4 Å². The molecular formula is C55H35N5. The zero-order valence-corrected chi connectivity index (χ0v) is 32.4. The Morgan fingerprint density at radius 1 is 0.283 bits per heavy atom. The third kappa shape index (κ3) is 5.52. The van der Waals surface area contributed by atoms with Crippen LogP contribution in [0.4, 0.5) is 0 Å². The number of rotatable bonds is 6. The molecule has 0 bridgehead atoms. The minimum Gasteiger partial charge on any atom is -0.309 e. The van der Waals surface area contributed by atoms with Crippen molar-refractivity contribution in [2.75, 3.05) is 0 Å². The number of aromatic nitrogens is 5. The maximum atomic E-state index is 5.20. The second-order valence-electron chi connectivity index (χ2n) is 15.3. The van der Waals surface area contributed by atoms with Crippen molar-refractivity contribution in [3.8, 4) is 56.7 Å². The lowest BCUT2D eigenvalue weighted by Crippen LogP contribution is -2.06. The van der Waals surface area contributed by atoms with Crippen molar-refractivity contribution in [2.45, 2.75) is 0 Å². The van der Waals surface area contributed by atoms with Gasteiger partial charge < -0.3 is 4.57 Å². The van der Waals surface area contributed by atoms with Crippen LogP contribution in [0.25, 0.3) is 111 Å². The molecule has 0 spiro atoms. The van der Waals surface area contributed by atoms with Gasteiger partial charge in [0.25, 0.3) is 0 Å². The van der Waals surface area contributed by atoms with Crippen molar-refractivity contribution in [1.29, 1.82) is 0 Å². The fourth-order valence-corrected chi connectivity index (χ4v) is 8.94. The number of nitrogens with zero attached hydrogens (tertiary/aromatic N) is 5. The molecule has 0 radical (unpaired) electrons. The summed E-state index contributed by atoms with van der Waals surface area (Å²) in [7, 11) is 0. The first-order chi connectivity index (χ1) is 29.7. The van der Waals surface area contributed by atoms with E-state index < -0.39 is 0 Å². The van der Waals surface area contributed by atoms with Crippen LogP contribution in [0.1, 0.15) is 0 Å². The molecule has 3 heterocycles. The van der Waals surface area contributed by atoms with Gasteiger partial charge in [0, 0.05) is 38.4 Å². The lowest BCUT2D eigenvalue weighted by atomic mass is 9.98. The maximum Gasteiger partial charge on any atom is 0.238 e. The number of benzene rings is 9. The fourth-order valence-electron chi connectivity index (χ4n) is 8.94. The second-order valence-corrected chi connectivity index (χ2v) is 15.3. The Hall–Kier alpha value is -8.15. The van der Waals surface area contributed by atoms with E-state index in [0.29, 0.717) is 17.6 Å². The highest BCUT2D eigenvalue weighted by atomic mass is 15.2. The highest BCUT2D eigenvalue weighted by Gasteiger charge is 2.20. The van der Waals surface area contributed by atoms with E-state index in [9.17, 15) is 0 Å². The molecule has 0 aliphatic rings. The standard InChI is InChI=1S/C55H35N5/c1-4-15-39(16-5-1)53-56-54(40-17-6-2-7-18-40)58-55(57-53)60-49-33-30-38-14-10-11-21-44(38)52(49)47-32-29-42(35-51(47)60)37-26-24-36(25-27-37)41-28-31-46-45-22-12-13-23-48(45)59(50(46)34-41)43-19-8-3-9-20-43/h1-35H. The van der Waals surface area contributed by atoms with Crippen LogP contribution in [0.2, 0.25) is 0 Å². The van der Waals surface area contributed by atoms with Crippen molar-refractivity contribution in [3.05, 3.63) is 212 Å². The van der Waals surface area contributed by atoms with E-state index in [4.69, 9.17) is 15.0 Å². The van der Waals surface area contributed by atoms with Gasteiger partial charge in [-0.25, -0.2) is 4.98 Å². The van der Waals surface area contributed by atoms with Crippen LogP contribution in [-0.4, -0.2) is 24.1 Å². The summed E-state index contributed by atoms with van der Waals surface area (Å²) in [6.45, 7) is 0. The third-order valence-electron chi connectivity index (χ3n) is 11.8. The molecule has 12 aromatic rings. The summed E-state index contributed by atoms with van der Waals surface area (Å²) in [4.78, 5) is 15.4. The first-order valence-electron chi connectivity index (χ1n) is 20.3. The summed E-state index contributed by atoms with van der Waals surface area (Å²) < 4.78 is 4.59. The van der Waals surface area contributed by atoms with Gasteiger partial charge in [0.1, 0.15) is 0 Å². The molecule has 0 N–H and O–H groups in total. The third-order valence-corrected chi connectivity index (χ3v) is 11.8. The topological polar surface area (TPSA) is 48.5 Å². The van der Waals surface area contributed by atoms with Crippen molar-refractivity contribution >= 4 is 54.4 Å². The largest absolute Gasteiger partial charge is 0.309 e. The second kappa shape index (κ2) is 13.8. The summed E-state index contributed by atoms with van der Waals surface area (Å²) in [6.07, 6.45) is 0. The van der Waals surface area contributed by atoms with E-state index >= 15 is 0 Å². The van der Waals surface area contributed by atoms with Crippen LogP contribution in [0.15, 0.2) is 212 Å². The van der Waals surface area contributed by atoms with Gasteiger partial charge in [-0.15, -0.1) is 0 Å². The zero-order valence-electron chi connectivity index (χ0n) is 32.4. The number of fused-ring (bicyclic) bond motifs is 8. The molecule has 0 atom stereocenters. The first kappa shape index (κ1) is 33.9. The number of hydrogen-bond acceptors (Lipinski definition) is 3. The van der Waals surface area contributed by atoms with E-state index in [2.05, 4.69) is 185 Å². The summed E-state index contributed by atoms with van der Waals surface area (Å²) in [5.41, 5.74) is 12.1. The SMILES string of the molecule is c1ccc(-c2nc(-c3ccccc3)nc(-n3c4cc(-c5ccc(-c6ccc7c8ccccc8n(-c8ccccc8)c7c6)cc5)ccc4c4c5ccccc5ccc43)n2)cc1. The highest BCUT2D eigenvalue weighted by Crippen LogP contribution is 2.40. The normalized spacial score (nSPS) is 11.7. The molecule has 0 fully saturated rings. The Morgan fingerprint density at radius 2 is 0.783 bits per heavy atom. The van der Waals surface area contributed by atoms with Gasteiger partial charge in [0.2, 0.25) is 5.95 Å². The van der Waals surface area contributed by atoms with Crippen LogP contribution in [0.3, 0.4) is 0 Å². The van der Waals surface area contributed by atoms with E-state index in [1.54, 1.807) is 0 Å². The minimum absolute atomic E-state index is 0.578. The average Bonchev–Trinajstić information content (AvgIpc) is 3.85. The molecule has 0 unspecified atom stereocenters. The highest BCUT2D eigenvalue weighted by molar-refractivity contribution is 6.21. The lowest BCUT2D eigenvalue weighted by Gasteiger charge is -2.12.